The number of nitrogens with one attached hydrogen (secondary N) is 1. The number of nitrogens with zero attached hydrogens (tertiary/aromatic N) is 2. The molecule has 0 saturated heterocycles. The van der Waals surface area contributed by atoms with Gasteiger partial charge in [0.2, 0.25) is 0 Å². The van der Waals surface area contributed by atoms with Crippen molar-refractivity contribution in [1.29, 1.82) is 5.26 Å². The van der Waals surface area contributed by atoms with E-state index in [9.17, 15) is 14.7 Å². The standard InChI is InChI=1S/C19H19N3O5/c1-11-13(10-20)4-6-14(21-11)19(25)22-15(9-18(23)24)12-5-7-16(26-2)17(8-12)27-3/h4-8,15H,9H2,1-3H3,(H,22,25)(H,23,24). The highest BCUT2D eigenvalue weighted by molar-refractivity contribution is 5.93. The third-order valence-corrected chi connectivity index (χ3v) is 3.93. The van der Waals surface area contributed by atoms with Gasteiger partial charge in [-0.05, 0) is 36.8 Å². The maximum Gasteiger partial charge on any atom is 0.305 e. The summed E-state index contributed by atoms with van der Waals surface area (Å²) in [4.78, 5) is 27.9. The molecule has 0 radical (unpaired) electrons. The Kier molecular flexibility index (Phi) is 6.33. The first kappa shape index (κ1) is 19.7. The van der Waals surface area contributed by atoms with Crippen molar-refractivity contribution in [3.63, 3.8) is 0 Å². The smallest absolute Gasteiger partial charge is 0.305 e. The van der Waals surface area contributed by atoms with E-state index in [0.29, 0.717) is 28.3 Å². The lowest BCUT2D eigenvalue weighted by Gasteiger charge is -2.19. The molecule has 0 bridgehead atoms. The lowest BCUT2D eigenvalue weighted by Crippen LogP contribution is -2.31. The fourth-order valence-corrected chi connectivity index (χ4v) is 2.53. The number of aryl methyl sites for hydroxylation is 1. The number of hydrogen-bond acceptors (Lipinski definition) is 6. The minimum atomic E-state index is -1.07. The van der Waals surface area contributed by atoms with Crippen molar-refractivity contribution in [2.75, 3.05) is 14.2 Å². The molecule has 1 aromatic heterocycles. The van der Waals surface area contributed by atoms with Crippen LogP contribution < -0.4 is 14.8 Å². The molecule has 27 heavy (non-hydrogen) atoms. The predicted molar refractivity (Wildman–Crippen MR) is 95.7 cm³/mol. The Morgan fingerprint density at radius 3 is 2.48 bits per heavy atom. The monoisotopic (exact) mass is 369 g/mol. The van der Waals surface area contributed by atoms with Crippen LogP contribution in [0.2, 0.25) is 0 Å². The first-order valence-corrected chi connectivity index (χ1v) is 8.02. The molecule has 1 aromatic carbocycles. The number of aliphatic carboxylic acids is 1. The van der Waals surface area contributed by atoms with E-state index in [1.165, 1.54) is 26.4 Å². The van der Waals surface area contributed by atoms with Crippen LogP contribution in [0.25, 0.3) is 0 Å². The molecule has 2 aromatic rings. The Hall–Kier alpha value is -3.60. The van der Waals surface area contributed by atoms with Gasteiger partial charge in [-0.25, -0.2) is 4.98 Å². The second kappa shape index (κ2) is 8.67. The minimum absolute atomic E-state index is 0.0994. The number of carbonyl (C=O) groups excluding carboxylic acids is 1. The maximum atomic E-state index is 12.5. The highest BCUT2D eigenvalue weighted by Crippen LogP contribution is 2.31. The predicted octanol–water partition coefficient (Wildman–Crippen LogP) is 2.22. The third kappa shape index (κ3) is 4.73. The van der Waals surface area contributed by atoms with Crippen LogP contribution in [-0.4, -0.2) is 36.2 Å². The second-order valence-electron chi connectivity index (χ2n) is 5.68. The van der Waals surface area contributed by atoms with Gasteiger partial charge in [0.05, 0.1) is 37.9 Å². The van der Waals surface area contributed by atoms with Gasteiger partial charge in [0.1, 0.15) is 11.8 Å². The average molecular weight is 369 g/mol. The topological polar surface area (TPSA) is 122 Å². The van der Waals surface area contributed by atoms with Gasteiger partial charge < -0.3 is 19.9 Å². The minimum Gasteiger partial charge on any atom is -0.493 e. The van der Waals surface area contributed by atoms with Gasteiger partial charge in [-0.2, -0.15) is 5.26 Å². The van der Waals surface area contributed by atoms with Crippen molar-refractivity contribution in [3.05, 3.63) is 52.8 Å². The molecule has 0 aliphatic heterocycles. The van der Waals surface area contributed by atoms with Gasteiger partial charge in [-0.3, -0.25) is 9.59 Å². The second-order valence-corrected chi connectivity index (χ2v) is 5.68. The lowest BCUT2D eigenvalue weighted by molar-refractivity contribution is -0.137. The number of carboxylic acids is 1. The van der Waals surface area contributed by atoms with Crippen LogP contribution in [-0.2, 0) is 4.79 Å². The number of carboxylic acid groups (broad SMARTS) is 1. The highest BCUT2D eigenvalue weighted by atomic mass is 16.5. The van der Waals surface area contributed by atoms with E-state index in [-0.39, 0.29) is 12.1 Å². The Bertz CT molecular complexity index is 905. The number of nitriles is 1. The number of rotatable bonds is 7. The van der Waals surface area contributed by atoms with Gasteiger partial charge in [-0.15, -0.1) is 0 Å². The van der Waals surface area contributed by atoms with E-state index in [2.05, 4.69) is 10.3 Å². The number of pyridine rings is 1. The molecule has 2 rings (SSSR count). The molecule has 0 aliphatic carbocycles. The Morgan fingerprint density at radius 1 is 1.22 bits per heavy atom. The number of hydrogen-bond donors (Lipinski definition) is 2. The zero-order valence-electron chi connectivity index (χ0n) is 15.1. The molecule has 0 saturated carbocycles. The van der Waals surface area contributed by atoms with Gasteiger partial charge >= 0.3 is 5.97 Å². The van der Waals surface area contributed by atoms with E-state index in [0.717, 1.165) is 0 Å². The van der Waals surface area contributed by atoms with Crippen molar-refractivity contribution in [3.8, 4) is 17.6 Å². The summed E-state index contributed by atoms with van der Waals surface area (Å²) in [6, 6.07) is 9.02. The van der Waals surface area contributed by atoms with Crippen LogP contribution in [0, 0.1) is 18.3 Å². The summed E-state index contributed by atoms with van der Waals surface area (Å²) in [7, 11) is 2.96. The molecule has 8 heteroatoms. The number of ether oxygens (including phenoxy) is 2. The van der Waals surface area contributed by atoms with Gasteiger partial charge in [-0.1, -0.05) is 6.07 Å². The fourth-order valence-electron chi connectivity index (χ4n) is 2.53. The molecular formula is C19H19N3O5. The highest BCUT2D eigenvalue weighted by Gasteiger charge is 2.21. The zero-order valence-corrected chi connectivity index (χ0v) is 15.1. The zero-order chi connectivity index (χ0) is 20.0. The molecular weight excluding hydrogens is 350 g/mol. The summed E-state index contributed by atoms with van der Waals surface area (Å²) in [5.74, 6) is -0.694. The van der Waals surface area contributed by atoms with Crippen molar-refractivity contribution < 1.29 is 24.2 Å². The van der Waals surface area contributed by atoms with Crippen LogP contribution in [0.1, 0.15) is 39.8 Å². The lowest BCUT2D eigenvalue weighted by atomic mass is 10.0. The van der Waals surface area contributed by atoms with E-state index < -0.39 is 17.9 Å². The molecule has 1 amide bonds. The van der Waals surface area contributed by atoms with Crippen LogP contribution in [0.15, 0.2) is 30.3 Å². The number of aromatic nitrogens is 1. The summed E-state index contributed by atoms with van der Waals surface area (Å²) in [6.07, 6.45) is -0.323. The molecule has 140 valence electrons. The summed E-state index contributed by atoms with van der Waals surface area (Å²) >= 11 is 0. The largest absolute Gasteiger partial charge is 0.493 e. The summed E-state index contributed by atoms with van der Waals surface area (Å²) in [6.45, 7) is 1.62. The average Bonchev–Trinajstić information content (AvgIpc) is 2.66. The van der Waals surface area contributed by atoms with Crippen LogP contribution in [0.5, 0.6) is 11.5 Å². The molecule has 0 spiro atoms. The number of methoxy groups -OCH3 is 2. The molecule has 0 aliphatic rings. The molecule has 0 fully saturated rings. The Morgan fingerprint density at radius 2 is 1.93 bits per heavy atom. The molecule has 2 N–H and O–H groups in total. The maximum absolute atomic E-state index is 12.5. The third-order valence-electron chi connectivity index (χ3n) is 3.93. The Balaban J connectivity index is 2.32. The number of amides is 1. The van der Waals surface area contributed by atoms with E-state index >= 15 is 0 Å². The first-order valence-electron chi connectivity index (χ1n) is 8.02. The SMILES string of the molecule is COc1ccc(C(CC(=O)O)NC(=O)c2ccc(C#N)c(C)n2)cc1OC. The molecule has 1 unspecified atom stereocenters. The fraction of sp³-hybridized carbons (Fsp3) is 0.263. The summed E-state index contributed by atoms with van der Waals surface area (Å²) < 4.78 is 10.4. The van der Waals surface area contributed by atoms with E-state index in [4.69, 9.17) is 14.7 Å². The molecule has 1 atom stereocenters. The van der Waals surface area contributed by atoms with Crippen LogP contribution >= 0.6 is 0 Å². The van der Waals surface area contributed by atoms with Crippen molar-refractivity contribution >= 4 is 11.9 Å². The van der Waals surface area contributed by atoms with Gasteiger partial charge in [0.25, 0.3) is 5.91 Å². The molecule has 8 nitrogen and oxygen atoms in total. The number of benzene rings is 1. The molecule has 1 heterocycles. The van der Waals surface area contributed by atoms with Gasteiger partial charge in [0, 0.05) is 0 Å². The normalized spacial score (nSPS) is 11.2. The number of carbonyl (C=O) groups is 2. The quantitative estimate of drug-likeness (QED) is 0.767. The van der Waals surface area contributed by atoms with Crippen LogP contribution in [0.4, 0.5) is 0 Å². The summed E-state index contributed by atoms with van der Waals surface area (Å²) in [5, 5.41) is 20.8. The van der Waals surface area contributed by atoms with Crippen molar-refractivity contribution in [2.45, 2.75) is 19.4 Å². The first-order chi connectivity index (χ1) is 12.9. The van der Waals surface area contributed by atoms with E-state index in [1.807, 2.05) is 6.07 Å². The van der Waals surface area contributed by atoms with Crippen LogP contribution in [0.3, 0.4) is 0 Å². The van der Waals surface area contributed by atoms with Crippen molar-refractivity contribution in [2.24, 2.45) is 0 Å². The summed E-state index contributed by atoms with van der Waals surface area (Å²) in [5.41, 5.74) is 1.44. The van der Waals surface area contributed by atoms with Crippen molar-refractivity contribution in [1.82, 2.24) is 10.3 Å². The Labute approximate surface area is 156 Å². The van der Waals surface area contributed by atoms with E-state index in [1.54, 1.807) is 25.1 Å². The van der Waals surface area contributed by atoms with Gasteiger partial charge in [0.15, 0.2) is 11.5 Å².